The van der Waals surface area contributed by atoms with Crippen molar-refractivity contribution in [2.24, 2.45) is 0 Å². The summed E-state index contributed by atoms with van der Waals surface area (Å²) < 4.78 is 0. The van der Waals surface area contributed by atoms with Gasteiger partial charge in [0.05, 0.1) is 5.69 Å². The predicted molar refractivity (Wildman–Crippen MR) is 105 cm³/mol. The Morgan fingerprint density at radius 2 is 2.00 bits per heavy atom. The number of thioether (sulfide) groups is 1. The first kappa shape index (κ1) is 18.3. The molecule has 3 nitrogen and oxygen atoms in total. The highest BCUT2D eigenvalue weighted by Gasteiger charge is 2.25. The van der Waals surface area contributed by atoms with E-state index in [1.165, 1.54) is 4.90 Å². The summed E-state index contributed by atoms with van der Waals surface area (Å²) in [5, 5.41) is 3.34. The lowest BCUT2D eigenvalue weighted by atomic mass is 10.1. The standard InChI is InChI=1S/C20H23ClN2OS/c1-14-11-12-23(18-9-5-6-10-19(18)25-14)20(24)13-22-15(2)16-7-3-4-8-17(16)21/h3-10,14-15,22H,11-13H2,1-2H3/p+1/t14-,15-/m0/s1. The second-order valence-corrected chi connectivity index (χ2v) is 8.37. The highest BCUT2D eigenvalue weighted by Crippen LogP contribution is 2.37. The fourth-order valence-corrected chi connectivity index (χ4v) is 4.53. The average Bonchev–Trinajstić information content (AvgIpc) is 2.78. The maximum atomic E-state index is 12.9. The molecule has 0 spiro atoms. The molecule has 5 heteroatoms. The van der Waals surface area contributed by atoms with Crippen molar-refractivity contribution < 1.29 is 10.1 Å². The van der Waals surface area contributed by atoms with Crippen LogP contribution in [0.4, 0.5) is 5.69 Å². The van der Waals surface area contributed by atoms with Crippen molar-refractivity contribution in [1.29, 1.82) is 0 Å². The van der Waals surface area contributed by atoms with Crippen molar-refractivity contribution in [1.82, 2.24) is 0 Å². The molecule has 2 aromatic carbocycles. The molecule has 2 N–H and O–H groups in total. The molecule has 0 saturated heterocycles. The van der Waals surface area contributed by atoms with Crippen LogP contribution in [0, 0.1) is 0 Å². The highest BCUT2D eigenvalue weighted by molar-refractivity contribution is 8.00. The number of hydrogen-bond donors (Lipinski definition) is 1. The summed E-state index contributed by atoms with van der Waals surface area (Å²) in [5.41, 5.74) is 2.11. The minimum Gasteiger partial charge on any atom is -0.332 e. The van der Waals surface area contributed by atoms with Crippen LogP contribution in [0.25, 0.3) is 0 Å². The van der Waals surface area contributed by atoms with E-state index in [2.05, 4.69) is 31.3 Å². The second-order valence-electron chi connectivity index (χ2n) is 6.48. The zero-order valence-corrected chi connectivity index (χ0v) is 16.2. The van der Waals surface area contributed by atoms with Crippen LogP contribution in [0.5, 0.6) is 0 Å². The second kappa shape index (κ2) is 8.26. The third-order valence-electron chi connectivity index (χ3n) is 4.59. The Morgan fingerprint density at radius 3 is 2.80 bits per heavy atom. The van der Waals surface area contributed by atoms with Crippen LogP contribution in [-0.2, 0) is 4.79 Å². The van der Waals surface area contributed by atoms with E-state index in [9.17, 15) is 4.79 Å². The van der Waals surface area contributed by atoms with Crippen molar-refractivity contribution in [2.75, 3.05) is 18.0 Å². The molecule has 1 heterocycles. The maximum absolute atomic E-state index is 12.9. The number of fused-ring (bicyclic) bond motifs is 1. The Labute approximate surface area is 158 Å². The molecule has 0 saturated carbocycles. The zero-order valence-electron chi connectivity index (χ0n) is 14.6. The van der Waals surface area contributed by atoms with E-state index in [1.54, 1.807) is 0 Å². The predicted octanol–water partition coefficient (Wildman–Crippen LogP) is 3.88. The van der Waals surface area contributed by atoms with Gasteiger partial charge in [0.2, 0.25) is 0 Å². The van der Waals surface area contributed by atoms with E-state index in [-0.39, 0.29) is 11.9 Å². The van der Waals surface area contributed by atoms with Gasteiger partial charge in [-0.15, -0.1) is 11.8 Å². The van der Waals surface area contributed by atoms with Crippen LogP contribution in [-0.4, -0.2) is 24.2 Å². The Morgan fingerprint density at radius 1 is 1.28 bits per heavy atom. The van der Waals surface area contributed by atoms with Crippen molar-refractivity contribution in [3.05, 3.63) is 59.1 Å². The normalized spacial score (nSPS) is 18.4. The van der Waals surface area contributed by atoms with Crippen LogP contribution < -0.4 is 10.2 Å². The number of carbonyl (C=O) groups is 1. The lowest BCUT2D eigenvalue weighted by Gasteiger charge is -2.22. The van der Waals surface area contributed by atoms with Gasteiger partial charge in [-0.05, 0) is 31.5 Å². The molecule has 0 unspecified atom stereocenters. The molecule has 0 fully saturated rings. The number of nitrogens with zero attached hydrogens (tertiary/aromatic N) is 1. The third-order valence-corrected chi connectivity index (χ3v) is 6.17. The van der Waals surface area contributed by atoms with Crippen LogP contribution in [0.3, 0.4) is 0 Å². The molecule has 1 aliphatic rings. The first-order valence-electron chi connectivity index (χ1n) is 8.70. The van der Waals surface area contributed by atoms with E-state index in [0.29, 0.717) is 11.8 Å². The number of amides is 1. The first-order valence-corrected chi connectivity index (χ1v) is 9.96. The van der Waals surface area contributed by atoms with E-state index in [0.717, 1.165) is 29.2 Å². The number of anilines is 1. The summed E-state index contributed by atoms with van der Waals surface area (Å²) in [6.07, 6.45) is 1.01. The van der Waals surface area contributed by atoms with E-state index in [4.69, 9.17) is 11.6 Å². The molecule has 0 bridgehead atoms. The zero-order chi connectivity index (χ0) is 17.8. The van der Waals surface area contributed by atoms with Gasteiger partial charge in [0.15, 0.2) is 6.54 Å². The molecule has 132 valence electrons. The monoisotopic (exact) mass is 375 g/mol. The van der Waals surface area contributed by atoms with Gasteiger partial charge >= 0.3 is 0 Å². The first-order chi connectivity index (χ1) is 12.1. The smallest absolute Gasteiger partial charge is 0.282 e. The minimum atomic E-state index is 0.146. The SMILES string of the molecule is C[C@H]([NH2+]CC(=O)N1CC[C@H](C)Sc2ccccc21)c1ccccc1Cl. The topological polar surface area (TPSA) is 36.9 Å². The fraction of sp³-hybridized carbons (Fsp3) is 0.350. The number of benzene rings is 2. The molecular weight excluding hydrogens is 352 g/mol. The molecule has 2 atom stereocenters. The van der Waals surface area contributed by atoms with Crippen LogP contribution in [0.2, 0.25) is 5.02 Å². The summed E-state index contributed by atoms with van der Waals surface area (Å²) >= 11 is 8.13. The van der Waals surface area contributed by atoms with Crippen LogP contribution in [0.15, 0.2) is 53.4 Å². The number of rotatable bonds is 4. The van der Waals surface area contributed by atoms with Crippen molar-refractivity contribution >= 4 is 35.0 Å². The number of carbonyl (C=O) groups excluding carboxylic acids is 1. The minimum absolute atomic E-state index is 0.146. The van der Waals surface area contributed by atoms with Crippen LogP contribution >= 0.6 is 23.4 Å². The summed E-state index contributed by atoms with van der Waals surface area (Å²) in [6.45, 7) is 5.50. The Balaban J connectivity index is 1.70. The lowest BCUT2D eigenvalue weighted by Crippen LogP contribution is -2.87. The van der Waals surface area contributed by atoms with E-state index in [1.807, 2.05) is 53.1 Å². The van der Waals surface area contributed by atoms with Crippen LogP contribution in [0.1, 0.15) is 31.9 Å². The van der Waals surface area contributed by atoms with Gasteiger partial charge in [-0.25, -0.2) is 0 Å². The molecular formula is C20H24ClN2OS+. The quantitative estimate of drug-likeness (QED) is 0.880. The summed E-state index contributed by atoms with van der Waals surface area (Å²) in [6, 6.07) is 16.2. The number of quaternary nitrogens is 1. The van der Waals surface area contributed by atoms with Crippen molar-refractivity contribution in [3.63, 3.8) is 0 Å². The Kier molecular flexibility index (Phi) is 6.05. The summed E-state index contributed by atoms with van der Waals surface area (Å²) in [7, 11) is 0. The van der Waals surface area contributed by atoms with Gasteiger partial charge in [0.25, 0.3) is 5.91 Å². The third kappa shape index (κ3) is 4.38. The number of para-hydroxylation sites is 1. The van der Waals surface area contributed by atoms with E-state index < -0.39 is 0 Å². The highest BCUT2D eigenvalue weighted by atomic mass is 35.5. The largest absolute Gasteiger partial charge is 0.332 e. The summed E-state index contributed by atoms with van der Waals surface area (Å²) in [4.78, 5) is 16.0. The van der Waals surface area contributed by atoms with Gasteiger partial charge < -0.3 is 10.2 Å². The van der Waals surface area contributed by atoms with E-state index >= 15 is 0 Å². The molecule has 1 amide bonds. The van der Waals surface area contributed by atoms with Gasteiger partial charge in [0.1, 0.15) is 6.04 Å². The molecule has 25 heavy (non-hydrogen) atoms. The number of halogens is 1. The maximum Gasteiger partial charge on any atom is 0.282 e. The Hall–Kier alpha value is -1.49. The number of nitrogens with two attached hydrogens (primary N) is 1. The van der Waals surface area contributed by atoms with Crippen molar-refractivity contribution in [3.8, 4) is 0 Å². The number of hydrogen-bond acceptors (Lipinski definition) is 2. The molecule has 1 aliphatic heterocycles. The average molecular weight is 376 g/mol. The molecule has 2 aromatic rings. The summed E-state index contributed by atoms with van der Waals surface area (Å²) in [5.74, 6) is 0.154. The fourth-order valence-electron chi connectivity index (χ4n) is 3.11. The molecule has 0 aliphatic carbocycles. The lowest BCUT2D eigenvalue weighted by molar-refractivity contribution is -0.682. The van der Waals surface area contributed by atoms with Gasteiger partial charge in [-0.3, -0.25) is 4.79 Å². The van der Waals surface area contributed by atoms with Gasteiger partial charge in [0, 0.05) is 27.3 Å². The Bertz CT molecular complexity index is 752. The van der Waals surface area contributed by atoms with Gasteiger partial charge in [-0.2, -0.15) is 0 Å². The van der Waals surface area contributed by atoms with Gasteiger partial charge in [-0.1, -0.05) is 48.9 Å². The molecule has 3 rings (SSSR count). The molecule has 0 aromatic heterocycles. The molecule has 0 radical (unpaired) electrons. The van der Waals surface area contributed by atoms with Crippen molar-refractivity contribution in [2.45, 2.75) is 36.5 Å².